The van der Waals surface area contributed by atoms with Gasteiger partial charge in [-0.25, -0.2) is 8.42 Å². The van der Waals surface area contributed by atoms with E-state index in [4.69, 9.17) is 9.05 Å². The smallest absolute Gasteiger partial charge is 0.355 e. The van der Waals surface area contributed by atoms with Crippen LogP contribution in [0.5, 0.6) is 0 Å². The monoisotopic (exact) mass is 700 g/mol. The maximum Gasteiger partial charge on any atom is 0.404 e. The molecule has 0 radical (unpaired) electrons. The highest BCUT2D eigenvalue weighted by Gasteiger charge is 2.55. The van der Waals surface area contributed by atoms with E-state index >= 15 is 8.78 Å². The summed E-state index contributed by atoms with van der Waals surface area (Å²) < 4.78 is 82.0. The van der Waals surface area contributed by atoms with Gasteiger partial charge in [-0.3, -0.25) is 9.36 Å². The van der Waals surface area contributed by atoms with Crippen molar-refractivity contribution in [3.63, 3.8) is 0 Å². The van der Waals surface area contributed by atoms with Crippen molar-refractivity contribution < 1.29 is 35.6 Å². The lowest BCUT2D eigenvalue weighted by Gasteiger charge is -2.27. The maximum absolute atomic E-state index is 15.4. The van der Waals surface area contributed by atoms with Gasteiger partial charge in [0.25, 0.3) is 0 Å². The van der Waals surface area contributed by atoms with Crippen molar-refractivity contribution in [3.05, 3.63) is 100 Å². The Morgan fingerprint density at radius 3 is 2.12 bits per heavy atom. The lowest BCUT2D eigenvalue weighted by atomic mass is 10.0. The van der Waals surface area contributed by atoms with E-state index in [1.165, 1.54) is 43.7 Å². The minimum absolute atomic E-state index is 0.0190. The number of carbonyl (C=O) groups excluding carboxylic acids is 1. The average molecular weight is 702 g/mol. The Morgan fingerprint density at radius 1 is 0.930 bits per heavy atom. The summed E-state index contributed by atoms with van der Waals surface area (Å²) in [4.78, 5) is 13.2. The van der Waals surface area contributed by atoms with Crippen LogP contribution < -0.4 is 10.0 Å². The van der Waals surface area contributed by atoms with Gasteiger partial charge in [0.15, 0.2) is 0 Å². The Balaban J connectivity index is 1.79. The number of hydrogen-bond donors (Lipinski definition) is 2. The van der Waals surface area contributed by atoms with Gasteiger partial charge in [0, 0.05) is 16.6 Å². The second kappa shape index (κ2) is 16.0. The number of sulfonamides is 1. The minimum atomic E-state index is -4.85. The summed E-state index contributed by atoms with van der Waals surface area (Å²) in [7, 11) is -8.93. The van der Waals surface area contributed by atoms with Crippen molar-refractivity contribution in [3.8, 4) is 0 Å². The van der Waals surface area contributed by atoms with Gasteiger partial charge < -0.3 is 14.4 Å². The van der Waals surface area contributed by atoms with Crippen LogP contribution in [0.15, 0.2) is 88.2 Å². The summed E-state index contributed by atoms with van der Waals surface area (Å²) in [5.74, 6) is -0.554. The zero-order valence-corrected chi connectivity index (χ0v) is 27.3. The van der Waals surface area contributed by atoms with E-state index in [1.807, 2.05) is 30.3 Å². The van der Waals surface area contributed by atoms with E-state index in [-0.39, 0.29) is 29.0 Å². The van der Waals surface area contributed by atoms with Crippen molar-refractivity contribution >= 4 is 39.5 Å². The SMILES string of the molecule is CCOP(=O)(OCC)C(F)(F)c1ccc(CC(NS(=O)(=O)c2ccccc2)C(=O)NCCCCc2ccccc2)cc1Br. The van der Waals surface area contributed by atoms with Crippen LogP contribution in [-0.4, -0.2) is 40.1 Å². The first-order chi connectivity index (χ1) is 20.4. The molecule has 0 aromatic heterocycles. The Hall–Kier alpha value is -2.47. The van der Waals surface area contributed by atoms with Gasteiger partial charge in [0.2, 0.25) is 15.9 Å². The third kappa shape index (κ3) is 9.51. The Bertz CT molecular complexity index is 1490. The molecule has 8 nitrogen and oxygen atoms in total. The predicted octanol–water partition coefficient (Wildman–Crippen LogP) is 6.79. The van der Waals surface area contributed by atoms with Crippen LogP contribution in [0, 0.1) is 0 Å². The highest BCUT2D eigenvalue weighted by molar-refractivity contribution is 9.10. The third-order valence-corrected chi connectivity index (χ3v) is 10.7. The van der Waals surface area contributed by atoms with Crippen LogP contribution in [0.1, 0.15) is 43.4 Å². The summed E-state index contributed by atoms with van der Waals surface area (Å²) in [6.07, 6.45) is 2.20. The number of carbonyl (C=O) groups is 1. The van der Waals surface area contributed by atoms with E-state index in [0.717, 1.165) is 18.9 Å². The standard InChI is InChI=1S/C30H36BrF2N2O6PS/c1-3-40-42(37,41-4-2)30(32,33)26-19-18-24(21-27(26)31)22-28(35-43(38,39)25-16-9-6-10-17-25)29(36)34-20-12-11-15-23-13-7-5-8-14-23/h5-10,13-14,16-19,21,28,35H,3-4,11-12,15,20,22H2,1-2H3,(H,34,36). The number of unbranched alkanes of at least 4 members (excludes halogenated alkanes) is 1. The van der Waals surface area contributed by atoms with E-state index in [1.54, 1.807) is 18.2 Å². The molecule has 1 atom stereocenters. The molecule has 0 aliphatic carbocycles. The maximum atomic E-state index is 15.4. The van der Waals surface area contributed by atoms with Gasteiger partial charge in [-0.15, -0.1) is 0 Å². The molecule has 1 amide bonds. The van der Waals surface area contributed by atoms with Gasteiger partial charge >= 0.3 is 13.3 Å². The topological polar surface area (TPSA) is 111 Å². The number of nitrogens with one attached hydrogen (secondary N) is 2. The number of aryl methyl sites for hydroxylation is 1. The van der Waals surface area contributed by atoms with Crippen molar-refractivity contribution in [1.29, 1.82) is 0 Å². The number of alkyl halides is 2. The van der Waals surface area contributed by atoms with Crippen LogP contribution in [0.25, 0.3) is 0 Å². The summed E-state index contributed by atoms with van der Waals surface area (Å²) >= 11 is 3.13. The van der Waals surface area contributed by atoms with E-state index in [0.29, 0.717) is 18.5 Å². The largest absolute Gasteiger partial charge is 0.404 e. The molecule has 3 aromatic rings. The van der Waals surface area contributed by atoms with Gasteiger partial charge in [0.05, 0.1) is 18.1 Å². The van der Waals surface area contributed by atoms with Crippen molar-refractivity contribution in [1.82, 2.24) is 10.0 Å². The predicted molar refractivity (Wildman–Crippen MR) is 166 cm³/mol. The van der Waals surface area contributed by atoms with Crippen LogP contribution in [-0.2, 0) is 46.9 Å². The van der Waals surface area contributed by atoms with E-state index in [2.05, 4.69) is 26.0 Å². The molecule has 0 fully saturated rings. The van der Waals surface area contributed by atoms with Crippen LogP contribution in [0.3, 0.4) is 0 Å². The van der Waals surface area contributed by atoms with Crippen molar-refractivity contribution in [2.75, 3.05) is 19.8 Å². The zero-order valence-electron chi connectivity index (χ0n) is 24.0. The van der Waals surface area contributed by atoms with Crippen molar-refractivity contribution in [2.45, 2.75) is 56.1 Å². The second-order valence-corrected chi connectivity index (χ2v) is 14.3. The number of benzene rings is 3. The average Bonchev–Trinajstić information content (AvgIpc) is 2.97. The first-order valence-electron chi connectivity index (χ1n) is 13.9. The molecular formula is C30H36BrF2N2O6PS. The molecule has 0 spiro atoms. The molecule has 13 heteroatoms. The van der Waals surface area contributed by atoms with Crippen LogP contribution >= 0.6 is 23.5 Å². The molecule has 1 unspecified atom stereocenters. The Labute approximate surface area is 260 Å². The molecule has 0 bridgehead atoms. The molecule has 0 aliphatic rings. The molecule has 43 heavy (non-hydrogen) atoms. The zero-order chi connectivity index (χ0) is 31.5. The fraction of sp³-hybridized carbons (Fsp3) is 0.367. The van der Waals surface area contributed by atoms with E-state index in [9.17, 15) is 17.8 Å². The Kier molecular flexibility index (Phi) is 13.0. The van der Waals surface area contributed by atoms with Gasteiger partial charge in [0.1, 0.15) is 6.04 Å². The number of hydrogen-bond acceptors (Lipinski definition) is 6. The number of amides is 1. The summed E-state index contributed by atoms with van der Waals surface area (Å²) in [6.45, 7) is 2.71. The molecular weight excluding hydrogens is 665 g/mol. The minimum Gasteiger partial charge on any atom is -0.355 e. The highest BCUT2D eigenvalue weighted by Crippen LogP contribution is 2.67. The van der Waals surface area contributed by atoms with Crippen LogP contribution in [0.4, 0.5) is 8.78 Å². The molecule has 0 aliphatic heterocycles. The van der Waals surface area contributed by atoms with Crippen molar-refractivity contribution in [2.24, 2.45) is 0 Å². The second-order valence-electron chi connectivity index (χ2n) is 9.61. The fourth-order valence-corrected chi connectivity index (χ4v) is 7.94. The van der Waals surface area contributed by atoms with Gasteiger partial charge in [-0.1, -0.05) is 76.6 Å². The van der Waals surface area contributed by atoms with Gasteiger partial charge in [-0.05, 0) is 68.9 Å². The summed E-state index contributed by atoms with van der Waals surface area (Å²) in [5.41, 5.74) is -3.03. The fourth-order valence-electron chi connectivity index (χ4n) is 4.33. The van der Waals surface area contributed by atoms with E-state index < -0.39 is 40.8 Å². The molecule has 2 N–H and O–H groups in total. The first kappa shape index (κ1) is 35.0. The van der Waals surface area contributed by atoms with Crippen LogP contribution in [0.2, 0.25) is 0 Å². The third-order valence-electron chi connectivity index (χ3n) is 6.44. The quantitative estimate of drug-likeness (QED) is 0.119. The lowest BCUT2D eigenvalue weighted by molar-refractivity contribution is -0.122. The van der Waals surface area contributed by atoms with Gasteiger partial charge in [-0.2, -0.15) is 13.5 Å². The highest BCUT2D eigenvalue weighted by atomic mass is 79.9. The lowest BCUT2D eigenvalue weighted by Crippen LogP contribution is -2.48. The molecule has 234 valence electrons. The summed E-state index contributed by atoms with van der Waals surface area (Å²) in [5, 5.41) is 2.79. The number of rotatable bonds is 17. The normalized spacial score (nSPS) is 13.0. The number of halogens is 3. The molecule has 3 aromatic carbocycles. The first-order valence-corrected chi connectivity index (χ1v) is 17.7. The molecule has 0 saturated carbocycles. The molecule has 0 saturated heterocycles. The Morgan fingerprint density at radius 2 is 1.53 bits per heavy atom. The molecule has 3 rings (SSSR count). The molecule has 0 heterocycles. The summed E-state index contributed by atoms with van der Waals surface area (Å²) in [6, 6.07) is 20.0.